The fraction of sp³-hybridized carbons (Fsp3) is 0.538. The van der Waals surface area contributed by atoms with E-state index < -0.39 is 59.7 Å². The number of hydrogen-bond acceptors (Lipinski definition) is 6. The summed E-state index contributed by atoms with van der Waals surface area (Å²) in [6.45, 7) is -0.568. The zero-order valence-corrected chi connectivity index (χ0v) is 21.8. The molecule has 8 nitrogen and oxygen atoms in total. The molecule has 2 atom stereocenters. The summed E-state index contributed by atoms with van der Waals surface area (Å²) in [6.07, 6.45) is -9.43. The molecule has 218 valence electrons. The van der Waals surface area contributed by atoms with Gasteiger partial charge in [-0.15, -0.1) is 0 Å². The molecule has 1 aliphatic heterocycles. The number of nitriles is 1. The van der Waals surface area contributed by atoms with E-state index in [0.29, 0.717) is 4.68 Å². The van der Waals surface area contributed by atoms with Crippen LogP contribution < -0.4 is 0 Å². The Kier molecular flexibility index (Phi) is 9.18. The van der Waals surface area contributed by atoms with Crippen LogP contribution in [0.5, 0.6) is 0 Å². The van der Waals surface area contributed by atoms with Crippen molar-refractivity contribution in [3.8, 4) is 6.07 Å². The van der Waals surface area contributed by atoms with Gasteiger partial charge in [0.15, 0.2) is 0 Å². The van der Waals surface area contributed by atoms with Crippen molar-refractivity contribution in [3.63, 3.8) is 0 Å². The van der Waals surface area contributed by atoms with Gasteiger partial charge in [0.25, 0.3) is 11.5 Å². The third-order valence-corrected chi connectivity index (χ3v) is 7.15. The Morgan fingerprint density at radius 1 is 1.10 bits per heavy atom. The molecular weight excluding hydrogens is 546 g/mol. The van der Waals surface area contributed by atoms with Crippen molar-refractivity contribution in [2.75, 3.05) is 26.8 Å². The Morgan fingerprint density at radius 2 is 1.73 bits per heavy atom. The molecule has 3 rings (SSSR count). The molecule has 1 aliphatic rings. The number of amides is 1. The molecule has 14 heteroatoms. The molecule has 0 bridgehead atoms. The molecular formula is C26H28F6N4O4. The van der Waals surface area contributed by atoms with Gasteiger partial charge in [0.05, 0.1) is 30.7 Å². The lowest BCUT2D eigenvalue weighted by molar-refractivity contribution is -0.271. The average Bonchev–Trinajstić information content (AvgIpc) is 3.31. The van der Waals surface area contributed by atoms with Crippen molar-refractivity contribution in [3.05, 3.63) is 53.9 Å². The number of aromatic nitrogens is 2. The minimum Gasteiger partial charge on any atom is -0.466 e. The van der Waals surface area contributed by atoms with E-state index in [9.17, 15) is 41.2 Å². The third-order valence-electron chi connectivity index (χ3n) is 7.15. The minimum absolute atomic E-state index is 0.00175. The van der Waals surface area contributed by atoms with Crippen molar-refractivity contribution < 1.29 is 45.4 Å². The highest BCUT2D eigenvalue weighted by Gasteiger charge is 2.64. The fourth-order valence-electron chi connectivity index (χ4n) is 5.25. The van der Waals surface area contributed by atoms with Gasteiger partial charge < -0.3 is 14.4 Å². The number of carbonyl (C=O) groups excluding carboxylic acids is 2. The highest BCUT2D eigenvalue weighted by Crippen LogP contribution is 2.49. The van der Waals surface area contributed by atoms with E-state index in [1.165, 1.54) is 24.3 Å². The zero-order valence-electron chi connectivity index (χ0n) is 21.8. The lowest BCUT2D eigenvalue weighted by Gasteiger charge is -2.46. The van der Waals surface area contributed by atoms with Gasteiger partial charge in [-0.3, -0.25) is 14.3 Å². The summed E-state index contributed by atoms with van der Waals surface area (Å²) >= 11 is 0. The summed E-state index contributed by atoms with van der Waals surface area (Å²) in [5.74, 6) is -3.41. The molecule has 0 saturated carbocycles. The van der Waals surface area contributed by atoms with Crippen molar-refractivity contribution in [2.45, 2.75) is 56.6 Å². The van der Waals surface area contributed by atoms with Crippen molar-refractivity contribution in [2.24, 2.45) is 5.41 Å². The molecule has 2 aromatic rings. The topological polar surface area (TPSA) is 97.5 Å². The van der Waals surface area contributed by atoms with Crippen LogP contribution >= 0.6 is 0 Å². The minimum atomic E-state index is -5.14. The van der Waals surface area contributed by atoms with Crippen LogP contribution in [0.25, 0.3) is 0 Å². The number of nitrogens with zero attached hydrogens (tertiary/aromatic N) is 4. The first-order valence-electron chi connectivity index (χ1n) is 12.3. The number of methoxy groups -OCH3 is 1. The highest BCUT2D eigenvalue weighted by atomic mass is 19.4. The van der Waals surface area contributed by atoms with Gasteiger partial charge in [-0.05, 0) is 25.8 Å². The molecule has 0 spiro atoms. The van der Waals surface area contributed by atoms with Crippen LogP contribution in [-0.4, -0.2) is 65.7 Å². The van der Waals surface area contributed by atoms with Gasteiger partial charge in [0.2, 0.25) is 0 Å². The molecule has 1 amide bonds. The standard InChI is InChI=1S/C26H28F6N4O4/c1-3-40-21(37)15-23(19(16-33)20-9-12-34-36(20)17-24(27,28)29)10-13-35(14-11-23)22(38)25(39-2,26(30,31)32)18-7-5-4-6-8-18/h4-9,12,19H,3,10-11,13-15,17H2,1-2H3/t19?,25-/m1/s1. The van der Waals surface area contributed by atoms with E-state index >= 15 is 0 Å². The lowest BCUT2D eigenvalue weighted by Crippen LogP contribution is -2.59. The predicted molar refractivity (Wildman–Crippen MR) is 127 cm³/mol. The highest BCUT2D eigenvalue weighted by molar-refractivity contribution is 5.88. The van der Waals surface area contributed by atoms with E-state index in [-0.39, 0.29) is 38.2 Å². The van der Waals surface area contributed by atoms with Gasteiger partial charge in [-0.1, -0.05) is 30.3 Å². The maximum absolute atomic E-state index is 14.4. The molecule has 40 heavy (non-hydrogen) atoms. The first kappa shape index (κ1) is 30.9. The summed E-state index contributed by atoms with van der Waals surface area (Å²) < 4.78 is 93.4. The van der Waals surface area contributed by atoms with Crippen LogP contribution in [0.15, 0.2) is 42.6 Å². The van der Waals surface area contributed by atoms with Crippen LogP contribution in [0.3, 0.4) is 0 Å². The molecule has 1 aromatic heterocycles. The second-order valence-corrected chi connectivity index (χ2v) is 9.48. The average molecular weight is 575 g/mol. The summed E-state index contributed by atoms with van der Waals surface area (Å²) in [5, 5.41) is 13.8. The number of halogens is 6. The number of carbonyl (C=O) groups is 2. The number of hydrogen-bond donors (Lipinski definition) is 0. The molecule has 1 aromatic carbocycles. The quantitative estimate of drug-likeness (QED) is 0.318. The largest absolute Gasteiger partial charge is 0.466 e. The van der Waals surface area contributed by atoms with Gasteiger partial charge in [-0.25, -0.2) is 0 Å². The van der Waals surface area contributed by atoms with Gasteiger partial charge in [0.1, 0.15) is 6.54 Å². The summed E-state index contributed by atoms with van der Waals surface area (Å²) in [4.78, 5) is 27.0. The van der Waals surface area contributed by atoms with Crippen LogP contribution in [0, 0.1) is 16.7 Å². The normalized spacial score (nSPS) is 17.9. The van der Waals surface area contributed by atoms with E-state index in [2.05, 4.69) is 5.10 Å². The van der Waals surface area contributed by atoms with E-state index in [0.717, 1.165) is 30.3 Å². The first-order chi connectivity index (χ1) is 18.7. The Balaban J connectivity index is 1.99. The molecule has 0 aliphatic carbocycles. The fourth-order valence-corrected chi connectivity index (χ4v) is 5.25. The van der Waals surface area contributed by atoms with E-state index in [1.807, 2.05) is 6.07 Å². The van der Waals surface area contributed by atoms with E-state index in [4.69, 9.17) is 9.47 Å². The molecule has 1 saturated heterocycles. The predicted octanol–water partition coefficient (Wildman–Crippen LogP) is 4.72. The van der Waals surface area contributed by atoms with Crippen LogP contribution in [0.2, 0.25) is 0 Å². The smallest absolute Gasteiger partial charge is 0.430 e. The summed E-state index contributed by atoms with van der Waals surface area (Å²) in [7, 11) is 0.779. The van der Waals surface area contributed by atoms with Gasteiger partial charge in [-0.2, -0.15) is 36.7 Å². The van der Waals surface area contributed by atoms with Crippen molar-refractivity contribution in [1.29, 1.82) is 5.26 Å². The van der Waals surface area contributed by atoms with Crippen LogP contribution in [0.4, 0.5) is 26.3 Å². The third kappa shape index (κ3) is 6.09. The number of rotatable bonds is 9. The van der Waals surface area contributed by atoms with Crippen LogP contribution in [0.1, 0.15) is 43.4 Å². The van der Waals surface area contributed by atoms with E-state index in [1.54, 1.807) is 6.92 Å². The zero-order chi connectivity index (χ0) is 29.8. The molecule has 1 fully saturated rings. The number of alkyl halides is 6. The number of benzene rings is 1. The maximum Gasteiger partial charge on any atom is 0.430 e. The van der Waals surface area contributed by atoms with Crippen molar-refractivity contribution >= 4 is 11.9 Å². The molecule has 0 radical (unpaired) electrons. The second-order valence-electron chi connectivity index (χ2n) is 9.48. The number of ether oxygens (including phenoxy) is 2. The number of likely N-dealkylation sites (tertiary alicyclic amines) is 1. The Labute approximate surface area is 226 Å². The SMILES string of the molecule is CCOC(=O)CC1(C(C#N)c2ccnn2CC(F)(F)F)CCN(C(=O)[C@](OC)(c2ccccc2)C(F)(F)F)CC1. The Hall–Kier alpha value is -3.60. The summed E-state index contributed by atoms with van der Waals surface area (Å²) in [6, 6.07) is 9.62. The molecule has 1 unspecified atom stereocenters. The summed E-state index contributed by atoms with van der Waals surface area (Å²) in [5.41, 5.74) is -5.18. The second kappa shape index (κ2) is 11.9. The Bertz CT molecular complexity index is 1220. The Morgan fingerprint density at radius 3 is 2.23 bits per heavy atom. The monoisotopic (exact) mass is 574 g/mol. The number of esters is 1. The van der Waals surface area contributed by atoms with Gasteiger partial charge in [0, 0.05) is 37.4 Å². The maximum atomic E-state index is 14.4. The number of piperidine rings is 1. The first-order valence-corrected chi connectivity index (χ1v) is 12.3. The lowest BCUT2D eigenvalue weighted by atomic mass is 9.65. The van der Waals surface area contributed by atoms with Crippen molar-refractivity contribution in [1.82, 2.24) is 14.7 Å². The molecule has 0 N–H and O–H groups in total. The van der Waals surface area contributed by atoms with Gasteiger partial charge >= 0.3 is 18.3 Å². The molecule has 2 heterocycles. The van der Waals surface area contributed by atoms with Crippen LogP contribution in [-0.2, 0) is 31.2 Å².